The molecule has 2 atom stereocenters. The molecule has 0 bridgehead atoms. The molecule has 17 heavy (non-hydrogen) atoms. The van der Waals surface area contributed by atoms with Crippen LogP contribution in [0.25, 0.3) is 0 Å². The Hall–Kier alpha value is -0.0800. The molecule has 0 aromatic carbocycles. The lowest BCUT2D eigenvalue weighted by atomic mass is 9.81. The van der Waals surface area contributed by atoms with Crippen molar-refractivity contribution < 1.29 is 0 Å². The lowest BCUT2D eigenvalue weighted by molar-refractivity contribution is 0.0362. The maximum atomic E-state index is 6.15. The lowest BCUT2D eigenvalue weighted by Crippen LogP contribution is -2.56. The first-order chi connectivity index (χ1) is 8.07. The zero-order valence-corrected chi connectivity index (χ0v) is 12.3. The van der Waals surface area contributed by atoms with Gasteiger partial charge in [-0.15, -0.1) is 0 Å². The molecule has 2 N–H and O–H groups in total. The van der Waals surface area contributed by atoms with Gasteiger partial charge in [-0.25, -0.2) is 0 Å². The summed E-state index contributed by atoms with van der Waals surface area (Å²) in [5, 5.41) is 0. The van der Waals surface area contributed by atoms with E-state index in [0.29, 0.717) is 0 Å². The van der Waals surface area contributed by atoms with Crippen molar-refractivity contribution in [3.63, 3.8) is 0 Å². The van der Waals surface area contributed by atoms with Crippen LogP contribution in [0.3, 0.4) is 0 Å². The summed E-state index contributed by atoms with van der Waals surface area (Å²) in [6.07, 6.45) is 6.43. The van der Waals surface area contributed by atoms with E-state index in [1.54, 1.807) is 0 Å². The molecule has 0 aromatic heterocycles. The largest absolute Gasteiger partial charge is 0.329 e. The van der Waals surface area contributed by atoms with Gasteiger partial charge in [0.15, 0.2) is 0 Å². The molecule has 2 unspecified atom stereocenters. The first-order valence-electron chi connectivity index (χ1n) is 7.53. The summed E-state index contributed by atoms with van der Waals surface area (Å²) in [5.74, 6) is 1.69. The van der Waals surface area contributed by atoms with Gasteiger partial charge in [-0.1, -0.05) is 34.1 Å². The number of hydrogen-bond donors (Lipinski definition) is 1. The van der Waals surface area contributed by atoms with Gasteiger partial charge in [-0.2, -0.15) is 0 Å². The molecular formula is C15H32N2. The van der Waals surface area contributed by atoms with Crippen LogP contribution in [0.1, 0.15) is 59.8 Å². The van der Waals surface area contributed by atoms with Crippen LogP contribution in [0.15, 0.2) is 0 Å². The van der Waals surface area contributed by atoms with Crippen molar-refractivity contribution in [2.75, 3.05) is 19.6 Å². The maximum absolute atomic E-state index is 6.15. The first-order valence-corrected chi connectivity index (χ1v) is 7.53. The molecule has 0 saturated carbocycles. The summed E-state index contributed by atoms with van der Waals surface area (Å²) < 4.78 is 0. The van der Waals surface area contributed by atoms with E-state index in [1.807, 2.05) is 0 Å². The molecule has 1 heterocycles. The molecule has 2 nitrogen and oxygen atoms in total. The van der Waals surface area contributed by atoms with E-state index < -0.39 is 0 Å². The van der Waals surface area contributed by atoms with Gasteiger partial charge in [-0.3, -0.25) is 4.90 Å². The molecular weight excluding hydrogens is 208 g/mol. The van der Waals surface area contributed by atoms with Crippen LogP contribution >= 0.6 is 0 Å². The molecule has 0 aromatic rings. The molecule has 0 aliphatic carbocycles. The third-order valence-electron chi connectivity index (χ3n) is 4.92. The zero-order valence-electron chi connectivity index (χ0n) is 12.3. The summed E-state index contributed by atoms with van der Waals surface area (Å²) >= 11 is 0. The highest BCUT2D eigenvalue weighted by Crippen LogP contribution is 2.32. The van der Waals surface area contributed by atoms with Gasteiger partial charge in [0, 0.05) is 12.1 Å². The number of rotatable bonds is 6. The molecule has 0 radical (unpaired) electrons. The minimum absolute atomic E-state index is 0.273. The molecule has 2 heteroatoms. The van der Waals surface area contributed by atoms with Crippen LogP contribution < -0.4 is 5.73 Å². The minimum atomic E-state index is 0.273. The van der Waals surface area contributed by atoms with Crippen molar-refractivity contribution in [3.8, 4) is 0 Å². The van der Waals surface area contributed by atoms with E-state index in [4.69, 9.17) is 5.73 Å². The van der Waals surface area contributed by atoms with Gasteiger partial charge in [0.25, 0.3) is 0 Å². The van der Waals surface area contributed by atoms with E-state index in [-0.39, 0.29) is 5.54 Å². The Morgan fingerprint density at radius 3 is 2.29 bits per heavy atom. The Morgan fingerprint density at radius 1 is 1.29 bits per heavy atom. The topological polar surface area (TPSA) is 29.3 Å². The summed E-state index contributed by atoms with van der Waals surface area (Å²) in [6.45, 7) is 12.7. The molecule has 1 aliphatic rings. The van der Waals surface area contributed by atoms with Crippen LogP contribution in [-0.4, -0.2) is 30.1 Å². The summed E-state index contributed by atoms with van der Waals surface area (Å²) in [7, 11) is 0. The van der Waals surface area contributed by atoms with E-state index in [0.717, 1.165) is 18.4 Å². The van der Waals surface area contributed by atoms with Crippen LogP contribution in [0.4, 0.5) is 0 Å². The minimum Gasteiger partial charge on any atom is -0.329 e. The van der Waals surface area contributed by atoms with E-state index in [2.05, 4.69) is 32.6 Å². The molecule has 1 fully saturated rings. The average Bonchev–Trinajstić information content (AvgIpc) is 2.37. The van der Waals surface area contributed by atoms with E-state index in [1.165, 1.54) is 45.2 Å². The Bertz CT molecular complexity index is 203. The zero-order chi connectivity index (χ0) is 12.9. The van der Waals surface area contributed by atoms with Crippen LogP contribution in [0.2, 0.25) is 0 Å². The van der Waals surface area contributed by atoms with E-state index >= 15 is 0 Å². The summed E-state index contributed by atoms with van der Waals surface area (Å²) in [6, 6.07) is 0. The summed E-state index contributed by atoms with van der Waals surface area (Å²) in [4.78, 5) is 2.69. The predicted molar refractivity (Wildman–Crippen MR) is 76.1 cm³/mol. The molecule has 1 saturated heterocycles. The van der Waals surface area contributed by atoms with Crippen molar-refractivity contribution in [3.05, 3.63) is 0 Å². The maximum Gasteiger partial charge on any atom is 0.0331 e. The third kappa shape index (κ3) is 3.69. The van der Waals surface area contributed by atoms with Gasteiger partial charge >= 0.3 is 0 Å². The third-order valence-corrected chi connectivity index (χ3v) is 4.92. The van der Waals surface area contributed by atoms with Gasteiger partial charge < -0.3 is 5.73 Å². The van der Waals surface area contributed by atoms with E-state index in [9.17, 15) is 0 Å². The molecule has 0 spiro atoms. The van der Waals surface area contributed by atoms with Crippen LogP contribution in [0, 0.1) is 11.8 Å². The normalized spacial score (nSPS) is 24.5. The lowest BCUT2D eigenvalue weighted by Gasteiger charge is -2.47. The number of piperidine rings is 1. The highest BCUT2D eigenvalue weighted by atomic mass is 15.2. The Morgan fingerprint density at radius 2 is 1.88 bits per heavy atom. The van der Waals surface area contributed by atoms with Crippen molar-refractivity contribution >= 4 is 0 Å². The number of nitrogens with zero attached hydrogens (tertiary/aromatic N) is 1. The van der Waals surface area contributed by atoms with Crippen molar-refractivity contribution in [2.24, 2.45) is 17.6 Å². The Labute approximate surface area is 108 Å². The highest BCUT2D eigenvalue weighted by molar-refractivity contribution is 4.93. The van der Waals surface area contributed by atoms with Crippen molar-refractivity contribution in [1.82, 2.24) is 4.90 Å². The number of likely N-dealkylation sites (tertiary alicyclic amines) is 1. The Balaban J connectivity index is 2.68. The molecule has 102 valence electrons. The SMILES string of the molecule is CCC(C)CC(CC)(CN)N1CCC(C)CC1. The standard InChI is InChI=1S/C15H32N2/c1-5-13(3)11-15(6-2,12-16)17-9-7-14(4)8-10-17/h13-14H,5-12,16H2,1-4H3. The van der Waals surface area contributed by atoms with Crippen LogP contribution in [-0.2, 0) is 0 Å². The Kier molecular flexibility index (Phi) is 5.94. The predicted octanol–water partition coefficient (Wildman–Crippen LogP) is 3.26. The van der Waals surface area contributed by atoms with Gasteiger partial charge in [0.05, 0.1) is 0 Å². The second kappa shape index (κ2) is 6.75. The smallest absolute Gasteiger partial charge is 0.0331 e. The number of hydrogen-bond acceptors (Lipinski definition) is 2. The van der Waals surface area contributed by atoms with Crippen molar-refractivity contribution in [1.29, 1.82) is 0 Å². The van der Waals surface area contributed by atoms with Gasteiger partial charge in [-0.05, 0) is 50.6 Å². The second-order valence-corrected chi connectivity index (χ2v) is 6.17. The fourth-order valence-electron chi connectivity index (χ4n) is 3.13. The summed E-state index contributed by atoms with van der Waals surface area (Å²) in [5.41, 5.74) is 6.42. The molecule has 1 rings (SSSR count). The van der Waals surface area contributed by atoms with Gasteiger partial charge in [0.1, 0.15) is 0 Å². The molecule has 0 amide bonds. The monoisotopic (exact) mass is 240 g/mol. The quantitative estimate of drug-likeness (QED) is 0.772. The first kappa shape index (κ1) is 15.0. The average molecular weight is 240 g/mol. The fourth-order valence-corrected chi connectivity index (χ4v) is 3.13. The highest BCUT2D eigenvalue weighted by Gasteiger charge is 2.36. The molecule has 1 aliphatic heterocycles. The fraction of sp³-hybridized carbons (Fsp3) is 1.00. The van der Waals surface area contributed by atoms with Crippen molar-refractivity contribution in [2.45, 2.75) is 65.3 Å². The second-order valence-electron chi connectivity index (χ2n) is 6.17. The van der Waals surface area contributed by atoms with Crippen LogP contribution in [0.5, 0.6) is 0 Å². The van der Waals surface area contributed by atoms with Gasteiger partial charge in [0.2, 0.25) is 0 Å². The number of nitrogens with two attached hydrogens (primary N) is 1.